The summed E-state index contributed by atoms with van der Waals surface area (Å²) in [5.74, 6) is 0. The largest absolute Gasteiger partial charge is 0.330 e. The van der Waals surface area contributed by atoms with E-state index in [0.717, 1.165) is 33.1 Å². The Morgan fingerprint density at radius 2 is 0.282 bits per heavy atom. The molecule has 0 aliphatic heterocycles. The van der Waals surface area contributed by atoms with E-state index in [9.17, 15) is 0 Å². The Kier molecular flexibility index (Phi) is 25.1. The number of nitrogens with zero attached hydrogens (tertiary/aromatic N) is 12. The molecule has 18 heteroatoms. The molecule has 0 N–H and O–H groups in total. The molecular weight excluding hydrogens is 1440 g/mol. The molecule has 0 bridgehead atoms. The molecule has 6 aromatic heterocycles. The number of hydrogen-bond donors (Lipinski definition) is 0. The minimum Gasteiger partial charge on any atom is -0.330 e. The Balaban J connectivity index is 0.000000177. The number of imidazole rings is 6. The molecule has 9 aromatic carbocycles. The van der Waals surface area contributed by atoms with Crippen LogP contribution in [0.3, 0.4) is 0 Å². The van der Waals surface area contributed by atoms with Gasteiger partial charge in [-0.1, -0.05) is 261 Å². The molecule has 0 aliphatic rings. The fraction of sp³-hybridized carbons (Fsp3) is 0.348. The molecule has 15 rings (SSSR count). The molecule has 110 heavy (non-hydrogen) atoms. The zero-order valence-corrected chi connectivity index (χ0v) is 76.2. The Hall–Kier alpha value is -8.90. The smallest absolute Gasteiger partial charge is 0.125 e. The summed E-state index contributed by atoms with van der Waals surface area (Å²) in [5.41, 5.74) is 22.0. The van der Waals surface area contributed by atoms with Crippen LogP contribution in [0.15, 0.2) is 255 Å². The van der Waals surface area contributed by atoms with Gasteiger partial charge in [0.05, 0.1) is 98.9 Å². The van der Waals surface area contributed by atoms with Crippen LogP contribution in [-0.2, 0) is 0 Å². The average Bonchev–Trinajstić information content (AvgIpc) is 1.47. The standard InChI is InChI=1S/2C37H52N6Si3.3C6H6/c2*1-25(2)41-31-22-16-13-19-28(31)38-34(41)44(7,8)37(45(9,10)35-39-29-20-14-17-23-32(29)42(35)26(3)4)46(11,12)36-40-30-21-15-18-24-33(30)43(36)27(5)6;3*1-2-4-6-5-3-1/h2*13-27,37H,1-12H3;3*1-6H. The molecule has 15 aromatic rings. The van der Waals surface area contributed by atoms with Gasteiger partial charge in [0.25, 0.3) is 0 Å². The predicted octanol–water partition coefficient (Wildman–Crippen LogP) is 21.2. The fourth-order valence-corrected chi connectivity index (χ4v) is 77.4. The van der Waals surface area contributed by atoms with E-state index in [0.29, 0.717) is 45.8 Å². The van der Waals surface area contributed by atoms with Gasteiger partial charge in [-0.05, 0) is 165 Å². The van der Waals surface area contributed by atoms with Crippen LogP contribution in [0.5, 0.6) is 0 Å². The lowest BCUT2D eigenvalue weighted by Crippen LogP contribution is -2.73. The van der Waals surface area contributed by atoms with Crippen molar-refractivity contribution < 1.29 is 0 Å². The number of para-hydroxylation sites is 12. The van der Waals surface area contributed by atoms with E-state index in [1.807, 2.05) is 109 Å². The van der Waals surface area contributed by atoms with E-state index in [1.165, 1.54) is 65.8 Å². The van der Waals surface area contributed by atoms with Gasteiger partial charge in [0, 0.05) is 36.3 Å². The summed E-state index contributed by atoms with van der Waals surface area (Å²) in [4.78, 5) is 34.2. The first-order valence-electron chi connectivity index (χ1n) is 40.0. The summed E-state index contributed by atoms with van der Waals surface area (Å²) >= 11 is 0. The highest BCUT2D eigenvalue weighted by molar-refractivity contribution is 7.23. The summed E-state index contributed by atoms with van der Waals surface area (Å²) in [6.07, 6.45) is 0. The fourth-order valence-electron chi connectivity index (χ4n) is 19.5. The molecule has 0 spiro atoms. The molecule has 0 saturated carbocycles. The van der Waals surface area contributed by atoms with Crippen molar-refractivity contribution in [3.05, 3.63) is 255 Å². The van der Waals surface area contributed by atoms with Gasteiger partial charge in [-0.15, -0.1) is 0 Å². The van der Waals surface area contributed by atoms with Crippen molar-refractivity contribution in [3.63, 3.8) is 0 Å². The van der Waals surface area contributed by atoms with Crippen molar-refractivity contribution >= 4 is 147 Å². The number of benzene rings is 9. The van der Waals surface area contributed by atoms with Gasteiger partial charge in [0.1, 0.15) is 48.4 Å². The van der Waals surface area contributed by atoms with E-state index < -0.39 is 48.4 Å². The maximum atomic E-state index is 5.56. The molecule has 0 saturated heterocycles. The predicted molar refractivity (Wildman–Crippen MR) is 490 cm³/mol. The van der Waals surface area contributed by atoms with Gasteiger partial charge in [-0.25, -0.2) is 29.9 Å². The Bertz CT molecular complexity index is 4600. The van der Waals surface area contributed by atoms with Crippen molar-refractivity contribution in [2.24, 2.45) is 0 Å². The summed E-state index contributed by atoms with van der Waals surface area (Å²) < 4.78 is 15.4. The number of rotatable bonds is 18. The summed E-state index contributed by atoms with van der Waals surface area (Å²) in [6, 6.07) is 90.3. The molecular formula is C92H122N12Si6. The molecule has 574 valence electrons. The van der Waals surface area contributed by atoms with Crippen molar-refractivity contribution in [1.82, 2.24) is 57.3 Å². The first-order valence-corrected chi connectivity index (χ1v) is 58.5. The zero-order valence-electron chi connectivity index (χ0n) is 70.2. The van der Waals surface area contributed by atoms with E-state index >= 15 is 0 Å². The van der Waals surface area contributed by atoms with Crippen molar-refractivity contribution in [1.29, 1.82) is 0 Å². The number of hydrogen-bond acceptors (Lipinski definition) is 6. The first kappa shape index (κ1) is 82.1. The van der Waals surface area contributed by atoms with Crippen molar-refractivity contribution in [2.75, 3.05) is 0 Å². The number of aromatic nitrogens is 12. The second kappa shape index (κ2) is 33.6. The Morgan fingerprint density at radius 1 is 0.173 bits per heavy atom. The molecule has 0 radical (unpaired) electrons. The highest BCUT2D eigenvalue weighted by Crippen LogP contribution is 2.44. The summed E-state index contributed by atoms with van der Waals surface area (Å²) in [6.45, 7) is 59.2. The van der Waals surface area contributed by atoms with Crippen LogP contribution in [0.4, 0.5) is 0 Å². The van der Waals surface area contributed by atoms with Crippen LogP contribution >= 0.6 is 0 Å². The molecule has 0 aliphatic carbocycles. The van der Waals surface area contributed by atoms with Gasteiger partial charge >= 0.3 is 0 Å². The van der Waals surface area contributed by atoms with Crippen LogP contribution < -0.4 is 32.7 Å². The first-order chi connectivity index (χ1) is 52.2. The molecule has 12 nitrogen and oxygen atoms in total. The molecule has 6 heterocycles. The van der Waals surface area contributed by atoms with Crippen LogP contribution in [0.1, 0.15) is 119 Å². The quantitative estimate of drug-likeness (QED) is 0.0792. The zero-order chi connectivity index (χ0) is 79.4. The Labute approximate surface area is 662 Å². The minimum absolute atomic E-state index is 0.310. The molecule has 0 unspecified atom stereocenters. The van der Waals surface area contributed by atoms with E-state index in [4.69, 9.17) is 29.9 Å². The van der Waals surface area contributed by atoms with Gasteiger partial charge in [0.15, 0.2) is 0 Å². The Morgan fingerprint density at radius 3 is 0.391 bits per heavy atom. The monoisotopic (exact) mass is 1560 g/mol. The topological polar surface area (TPSA) is 107 Å². The normalized spacial score (nSPS) is 12.7. The third kappa shape index (κ3) is 16.1. The maximum Gasteiger partial charge on any atom is 0.125 e. The average molecular weight is 1560 g/mol. The van der Waals surface area contributed by atoms with Crippen molar-refractivity contribution in [3.8, 4) is 0 Å². The van der Waals surface area contributed by atoms with Gasteiger partial charge in [-0.3, -0.25) is 0 Å². The SMILES string of the molecule is CC(C)n1c([Si](C)(C)C([Si](C)(C)c2nc3ccccc3n2C(C)C)[Si](C)(C)c2nc3ccccc3n2C(C)C)nc2ccccc21.CC(C)n1c([Si](C)(C)C([Si](C)(C)c2nc3ccccc3n2C(C)C)[Si](C)(C)c2nc3ccccc3n2C(C)C)nc2ccccc21.c1ccccc1.c1ccccc1.c1ccccc1. The van der Waals surface area contributed by atoms with Gasteiger partial charge < -0.3 is 27.4 Å². The lowest BCUT2D eigenvalue weighted by Gasteiger charge is -2.49. The van der Waals surface area contributed by atoms with Gasteiger partial charge in [-0.2, -0.15) is 0 Å². The third-order valence-electron chi connectivity index (χ3n) is 22.5. The van der Waals surface area contributed by atoms with E-state index in [1.54, 1.807) is 0 Å². The van der Waals surface area contributed by atoms with Crippen LogP contribution in [0, 0.1) is 0 Å². The second-order valence-electron chi connectivity index (χ2n) is 35.0. The van der Waals surface area contributed by atoms with E-state index in [-0.39, 0.29) is 0 Å². The summed E-state index contributed by atoms with van der Waals surface area (Å²) in [7, 11) is -14.3. The summed E-state index contributed by atoms with van der Waals surface area (Å²) in [5, 5.41) is 0. The van der Waals surface area contributed by atoms with Crippen LogP contribution in [-0.4, -0.2) is 106 Å². The van der Waals surface area contributed by atoms with Crippen LogP contribution in [0.25, 0.3) is 66.2 Å². The van der Waals surface area contributed by atoms with Gasteiger partial charge in [0.2, 0.25) is 0 Å². The third-order valence-corrected chi connectivity index (χ3v) is 66.1. The minimum atomic E-state index is -2.38. The molecule has 0 atom stereocenters. The lowest BCUT2D eigenvalue weighted by atomic mass is 10.3. The molecule has 0 amide bonds. The lowest BCUT2D eigenvalue weighted by molar-refractivity contribution is 0.628. The van der Waals surface area contributed by atoms with Crippen molar-refractivity contribution in [2.45, 2.75) is 207 Å². The second-order valence-corrected chi connectivity index (χ2v) is 65.3. The highest BCUT2D eigenvalue weighted by atomic mass is 28.5. The highest BCUT2D eigenvalue weighted by Gasteiger charge is 2.61. The molecule has 0 fully saturated rings. The van der Waals surface area contributed by atoms with Crippen LogP contribution in [0.2, 0.25) is 88.1 Å². The maximum absolute atomic E-state index is 5.56. The van der Waals surface area contributed by atoms with E-state index in [2.05, 4.69) is 335 Å². The number of fused-ring (bicyclic) bond motifs is 6.